The molecule has 1 unspecified atom stereocenters. The highest BCUT2D eigenvalue weighted by molar-refractivity contribution is 6.40. The van der Waals surface area contributed by atoms with E-state index in [0.717, 1.165) is 37.1 Å². The van der Waals surface area contributed by atoms with Crippen molar-refractivity contribution in [2.24, 2.45) is 5.92 Å². The first-order valence-corrected chi connectivity index (χ1v) is 11.5. The first-order valence-electron chi connectivity index (χ1n) is 10.7. The molecule has 1 saturated carbocycles. The van der Waals surface area contributed by atoms with Gasteiger partial charge in [-0.2, -0.15) is 13.2 Å². The highest BCUT2D eigenvalue weighted by atomic mass is 35.5. The number of carbonyl (C=O) groups is 1. The molecular formula is C24H26Cl3F3N2O2. The maximum Gasteiger partial charge on any atom is 0.417 e. The lowest BCUT2D eigenvalue weighted by Crippen LogP contribution is -2.58. The first kappa shape index (κ1) is 27.1. The second kappa shape index (κ2) is 9.51. The van der Waals surface area contributed by atoms with Crippen LogP contribution in [0.4, 0.5) is 13.2 Å². The zero-order chi connectivity index (χ0) is 24.2. The minimum Gasteiger partial charge on any atom is -0.389 e. The van der Waals surface area contributed by atoms with Gasteiger partial charge in [-0.25, -0.2) is 0 Å². The summed E-state index contributed by atoms with van der Waals surface area (Å²) in [6.07, 6.45) is -3.09. The Hall–Kier alpha value is -1.51. The Morgan fingerprint density at radius 3 is 2.35 bits per heavy atom. The summed E-state index contributed by atoms with van der Waals surface area (Å²) in [6, 6.07) is 10.6. The van der Waals surface area contributed by atoms with Crippen LogP contribution in [0, 0.1) is 5.92 Å². The second-order valence-electron chi connectivity index (χ2n) is 9.67. The number of amides is 1. The van der Waals surface area contributed by atoms with Gasteiger partial charge in [0.2, 0.25) is 0 Å². The topological polar surface area (TPSA) is 52.6 Å². The molecule has 2 aliphatic heterocycles. The maximum atomic E-state index is 13.4. The van der Waals surface area contributed by atoms with E-state index in [2.05, 4.69) is 10.2 Å². The van der Waals surface area contributed by atoms with Crippen LogP contribution in [0.5, 0.6) is 0 Å². The zero-order valence-electron chi connectivity index (χ0n) is 18.6. The summed E-state index contributed by atoms with van der Waals surface area (Å²) in [5.74, 6) is -0.325. The number of fused-ring (bicyclic) bond motifs is 1. The predicted molar refractivity (Wildman–Crippen MR) is 129 cm³/mol. The summed E-state index contributed by atoms with van der Waals surface area (Å²) in [7, 11) is 0. The van der Waals surface area contributed by atoms with Crippen LogP contribution in [-0.2, 0) is 6.18 Å². The number of halogens is 6. The third kappa shape index (κ3) is 5.05. The van der Waals surface area contributed by atoms with Gasteiger partial charge in [0, 0.05) is 18.6 Å². The highest BCUT2D eigenvalue weighted by Crippen LogP contribution is 2.57. The molecule has 5 rings (SSSR count). The number of alkyl halides is 3. The molecule has 2 heterocycles. The second-order valence-corrected chi connectivity index (χ2v) is 10.5. The lowest BCUT2D eigenvalue weighted by molar-refractivity contribution is -0.137. The summed E-state index contributed by atoms with van der Waals surface area (Å²) >= 11 is 12.2. The Morgan fingerprint density at radius 2 is 1.79 bits per heavy atom. The summed E-state index contributed by atoms with van der Waals surface area (Å²) in [5, 5.41) is 12.5. The normalized spacial score (nSPS) is 23.1. The largest absolute Gasteiger partial charge is 0.417 e. The highest BCUT2D eigenvalue weighted by Gasteiger charge is 2.61. The molecule has 34 heavy (non-hydrogen) atoms. The Bertz CT molecular complexity index is 1050. The standard InChI is InChI=1S/C24H25Cl2F3N2O2.ClH/c1-22(2,33)13-31-12-14-10-23(31,11-14)20(15-6-4-3-5-7-15)30-21(32)18-17(25)9-8-16(19(18)26)24(27,28)29;/h3-9,14,20,33H,10-13H2,1-2H3,(H,30,32);1H. The average Bonchev–Trinajstić information content (AvgIpc) is 3.18. The Balaban J connectivity index is 0.00000324. The van der Waals surface area contributed by atoms with E-state index in [4.69, 9.17) is 23.2 Å². The van der Waals surface area contributed by atoms with Gasteiger partial charge in [0.05, 0.1) is 32.8 Å². The van der Waals surface area contributed by atoms with Gasteiger partial charge in [0.15, 0.2) is 0 Å². The molecule has 2 bridgehead atoms. The molecule has 2 saturated heterocycles. The first-order chi connectivity index (χ1) is 15.3. The van der Waals surface area contributed by atoms with Crippen molar-refractivity contribution >= 4 is 41.5 Å². The van der Waals surface area contributed by atoms with Crippen molar-refractivity contribution in [3.8, 4) is 0 Å². The molecule has 186 valence electrons. The van der Waals surface area contributed by atoms with Crippen molar-refractivity contribution in [1.29, 1.82) is 0 Å². The summed E-state index contributed by atoms with van der Waals surface area (Å²) < 4.78 is 40.2. The number of carbonyl (C=O) groups excluding carboxylic acids is 1. The molecular weight excluding hydrogens is 512 g/mol. The van der Waals surface area contributed by atoms with E-state index in [9.17, 15) is 23.1 Å². The minimum atomic E-state index is -4.72. The average molecular weight is 538 g/mol. The van der Waals surface area contributed by atoms with Crippen LogP contribution < -0.4 is 5.32 Å². The van der Waals surface area contributed by atoms with E-state index >= 15 is 0 Å². The zero-order valence-corrected chi connectivity index (χ0v) is 21.0. The fourth-order valence-corrected chi connectivity index (χ4v) is 5.93. The van der Waals surface area contributed by atoms with Gasteiger partial charge in [-0.3, -0.25) is 9.69 Å². The summed E-state index contributed by atoms with van der Waals surface area (Å²) in [6.45, 7) is 4.66. The summed E-state index contributed by atoms with van der Waals surface area (Å²) in [5.41, 5.74) is -2.08. The molecule has 2 N–H and O–H groups in total. The minimum absolute atomic E-state index is 0. The number of hydrogen-bond donors (Lipinski definition) is 2. The van der Waals surface area contributed by atoms with Crippen LogP contribution in [0.25, 0.3) is 0 Å². The number of nitrogens with one attached hydrogen (secondary N) is 1. The van der Waals surface area contributed by atoms with E-state index in [0.29, 0.717) is 12.5 Å². The molecule has 0 spiro atoms. The van der Waals surface area contributed by atoms with Crippen LogP contribution in [-0.4, -0.2) is 40.1 Å². The molecule has 3 aliphatic rings. The number of benzene rings is 2. The predicted octanol–water partition coefficient (Wildman–Crippen LogP) is 6.14. The number of nitrogens with zero attached hydrogens (tertiary/aromatic N) is 1. The number of rotatable bonds is 6. The number of aliphatic hydroxyl groups is 1. The van der Waals surface area contributed by atoms with E-state index in [1.54, 1.807) is 13.8 Å². The molecule has 10 heteroatoms. The Labute approximate surface area is 212 Å². The fraction of sp³-hybridized carbons (Fsp3) is 0.458. The van der Waals surface area contributed by atoms with Crippen molar-refractivity contribution in [3.05, 3.63) is 69.2 Å². The molecule has 4 nitrogen and oxygen atoms in total. The van der Waals surface area contributed by atoms with Gasteiger partial charge in [-0.15, -0.1) is 12.4 Å². The van der Waals surface area contributed by atoms with E-state index in [-0.39, 0.29) is 17.4 Å². The van der Waals surface area contributed by atoms with Crippen LogP contribution in [0.15, 0.2) is 42.5 Å². The lowest BCUT2D eigenvalue weighted by atomic mass is 9.67. The van der Waals surface area contributed by atoms with Gasteiger partial charge in [0.25, 0.3) is 5.91 Å². The molecule has 1 atom stereocenters. The molecule has 1 aliphatic carbocycles. The lowest BCUT2D eigenvalue weighted by Gasteiger charge is -2.49. The molecule has 0 aromatic heterocycles. The fourth-order valence-electron chi connectivity index (χ4n) is 5.28. The van der Waals surface area contributed by atoms with Crippen LogP contribution in [0.1, 0.15) is 54.2 Å². The van der Waals surface area contributed by atoms with Gasteiger partial charge in [-0.05, 0) is 50.3 Å². The molecule has 2 aromatic rings. The van der Waals surface area contributed by atoms with Crippen molar-refractivity contribution in [2.75, 3.05) is 13.1 Å². The van der Waals surface area contributed by atoms with Crippen molar-refractivity contribution in [3.63, 3.8) is 0 Å². The third-order valence-corrected chi connectivity index (χ3v) is 7.25. The van der Waals surface area contributed by atoms with Crippen molar-refractivity contribution in [2.45, 2.75) is 50.0 Å². The Kier molecular flexibility index (Phi) is 7.57. The Morgan fingerprint density at radius 1 is 1.18 bits per heavy atom. The molecule has 2 aromatic carbocycles. The maximum absolute atomic E-state index is 13.4. The molecule has 0 radical (unpaired) electrons. The third-order valence-electron chi connectivity index (χ3n) is 6.54. The SMILES string of the molecule is CC(C)(O)CN1CC2CC1(C(NC(=O)c1c(Cl)ccc(C(F)(F)F)c1Cl)c1ccccc1)C2.Cl. The van der Waals surface area contributed by atoms with Gasteiger partial charge in [0.1, 0.15) is 0 Å². The quantitative estimate of drug-likeness (QED) is 0.465. The van der Waals surface area contributed by atoms with E-state index < -0.39 is 45.4 Å². The van der Waals surface area contributed by atoms with Gasteiger partial charge >= 0.3 is 6.18 Å². The molecule has 3 fully saturated rings. The van der Waals surface area contributed by atoms with Crippen LogP contribution >= 0.6 is 35.6 Å². The molecule has 1 amide bonds. The van der Waals surface area contributed by atoms with Crippen molar-refractivity contribution in [1.82, 2.24) is 10.2 Å². The van der Waals surface area contributed by atoms with Crippen LogP contribution in [0.2, 0.25) is 10.0 Å². The summed E-state index contributed by atoms with van der Waals surface area (Å²) in [4.78, 5) is 15.5. The monoisotopic (exact) mass is 536 g/mol. The van der Waals surface area contributed by atoms with Gasteiger partial charge in [-0.1, -0.05) is 53.5 Å². The van der Waals surface area contributed by atoms with E-state index in [1.165, 1.54) is 0 Å². The number of hydrogen-bond acceptors (Lipinski definition) is 3. The van der Waals surface area contributed by atoms with Gasteiger partial charge < -0.3 is 10.4 Å². The number of β-amino-alcohol motifs (C(OH)–C–C–N with tert-alkyl or cyclic N) is 1. The van der Waals surface area contributed by atoms with Crippen molar-refractivity contribution < 1.29 is 23.1 Å². The smallest absolute Gasteiger partial charge is 0.389 e. The van der Waals surface area contributed by atoms with E-state index in [1.807, 2.05) is 30.3 Å². The van der Waals surface area contributed by atoms with Crippen LogP contribution in [0.3, 0.4) is 0 Å².